The molecular weight excluding hydrogens is 524 g/mol. The van der Waals surface area contributed by atoms with Gasteiger partial charge in [-0.25, -0.2) is 19.2 Å². The van der Waals surface area contributed by atoms with Crippen LogP contribution in [-0.4, -0.2) is 69.4 Å². The van der Waals surface area contributed by atoms with E-state index in [1.807, 2.05) is 18.4 Å². The lowest BCUT2D eigenvalue weighted by Gasteiger charge is -2.34. The number of thiophene rings is 2. The maximum atomic E-state index is 12.5. The molecule has 3 unspecified atom stereocenters. The van der Waals surface area contributed by atoms with Gasteiger partial charge in [0.2, 0.25) is 5.25 Å². The third-order valence-corrected chi connectivity index (χ3v) is 10.6. The molecule has 0 bridgehead atoms. The fourth-order valence-electron chi connectivity index (χ4n) is 3.56. The predicted octanol–water partition coefficient (Wildman–Crippen LogP) is 2.98. The van der Waals surface area contributed by atoms with Crippen molar-refractivity contribution in [1.82, 2.24) is 4.90 Å². The third-order valence-electron chi connectivity index (χ3n) is 5.65. The van der Waals surface area contributed by atoms with Gasteiger partial charge in [0.05, 0.1) is 4.87 Å². The smallest absolute Gasteiger partial charge is 0.285 e. The van der Waals surface area contributed by atoms with Crippen molar-refractivity contribution in [3.05, 3.63) is 40.6 Å². The van der Waals surface area contributed by atoms with E-state index >= 15 is 0 Å². The zero-order valence-electron chi connectivity index (χ0n) is 18.0. The van der Waals surface area contributed by atoms with E-state index in [9.17, 15) is 28.0 Å². The molecule has 0 saturated carbocycles. The van der Waals surface area contributed by atoms with Crippen molar-refractivity contribution in [3.8, 4) is 9.75 Å². The van der Waals surface area contributed by atoms with Gasteiger partial charge in [0.15, 0.2) is 0 Å². The predicted molar refractivity (Wildman–Crippen MR) is 127 cm³/mol. The molecule has 3 atom stereocenters. The molecule has 1 fully saturated rings. The number of amides is 2. The molecule has 2 N–H and O–H groups in total. The quantitative estimate of drug-likeness (QED) is 0.231. The summed E-state index contributed by atoms with van der Waals surface area (Å²) >= 11 is 4.89. The number of hydrogen-bond acceptors (Lipinski definition) is 11. The van der Waals surface area contributed by atoms with Crippen molar-refractivity contribution in [2.45, 2.75) is 29.9 Å². The number of quaternary nitrogens is 1. The second-order valence-corrected chi connectivity index (χ2v) is 13.2. The molecule has 10 nitrogen and oxygen atoms in total. The van der Waals surface area contributed by atoms with Crippen molar-refractivity contribution in [2.24, 2.45) is 0 Å². The average molecular weight is 546 g/mol. The lowest BCUT2D eigenvalue weighted by molar-refractivity contribution is -1.12. The highest BCUT2D eigenvalue weighted by Gasteiger charge is 2.65. The van der Waals surface area contributed by atoms with Crippen molar-refractivity contribution in [1.29, 1.82) is 0 Å². The van der Waals surface area contributed by atoms with Crippen LogP contribution in [0.5, 0.6) is 0 Å². The molecule has 4 rings (SSSR count). The molecule has 182 valence electrons. The summed E-state index contributed by atoms with van der Waals surface area (Å²) in [7, 11) is -3.28. The van der Waals surface area contributed by atoms with Crippen LogP contribution >= 0.6 is 34.4 Å². The standard InChI is InChI=1S/C20H20N2O8S4/c1-20(8-7-15(33-20)14-6-5-13(32-14)12-4-3-9-31-12)21(2)11-18(24)30-22(26)17(23)10-16(19(22)25)34(27,28)29/h3-7,9,16,26H,8,10-11H2,1-2H3/p+1. The lowest BCUT2D eigenvalue weighted by Crippen LogP contribution is -2.54. The number of nitrogens with zero attached hydrogens (tertiary/aromatic N) is 2. The van der Waals surface area contributed by atoms with E-state index in [1.54, 1.807) is 46.4 Å². The van der Waals surface area contributed by atoms with Crippen LogP contribution in [0.15, 0.2) is 35.7 Å². The minimum Gasteiger partial charge on any atom is -0.285 e. The number of likely N-dealkylation sites (N-methyl/N-ethyl adjacent to an activating group) is 1. The van der Waals surface area contributed by atoms with Crippen LogP contribution in [0.3, 0.4) is 0 Å². The molecule has 4 heterocycles. The summed E-state index contributed by atoms with van der Waals surface area (Å²) in [6.07, 6.45) is 1.68. The summed E-state index contributed by atoms with van der Waals surface area (Å²) in [5.74, 6) is -4.09. The molecule has 1 saturated heterocycles. The van der Waals surface area contributed by atoms with Crippen molar-refractivity contribution in [2.75, 3.05) is 13.6 Å². The molecule has 14 heteroatoms. The molecule has 34 heavy (non-hydrogen) atoms. The number of imide groups is 1. The number of carbonyl (C=O) groups excluding carboxylic acids is 3. The summed E-state index contributed by atoms with van der Waals surface area (Å²) in [5, 5.41) is 10.1. The van der Waals surface area contributed by atoms with E-state index in [4.69, 9.17) is 9.39 Å². The maximum Gasteiger partial charge on any atom is 0.417 e. The zero-order chi connectivity index (χ0) is 24.9. The van der Waals surface area contributed by atoms with Gasteiger partial charge in [-0.1, -0.05) is 12.1 Å². The second kappa shape index (κ2) is 8.95. The van der Waals surface area contributed by atoms with Crippen molar-refractivity contribution in [3.63, 3.8) is 0 Å². The summed E-state index contributed by atoms with van der Waals surface area (Å²) < 4.78 is 31.6. The summed E-state index contributed by atoms with van der Waals surface area (Å²) in [4.78, 5) is 44.5. The normalized spacial score (nSPS) is 27.4. The van der Waals surface area contributed by atoms with E-state index < -0.39 is 49.3 Å². The van der Waals surface area contributed by atoms with Crippen LogP contribution in [0.4, 0.5) is 0 Å². The first-order chi connectivity index (χ1) is 15.8. The summed E-state index contributed by atoms with van der Waals surface area (Å²) in [5.41, 5.74) is 0. The highest BCUT2D eigenvalue weighted by molar-refractivity contribution is 8.10. The van der Waals surface area contributed by atoms with E-state index in [2.05, 4.69) is 24.3 Å². The van der Waals surface area contributed by atoms with Gasteiger partial charge in [0.1, 0.15) is 17.8 Å². The Kier molecular flexibility index (Phi) is 6.63. The fraction of sp³-hybridized carbons (Fsp3) is 0.350. The number of thioether (sulfide) groups is 1. The molecule has 0 aliphatic carbocycles. The topological polar surface area (TPSA) is 138 Å². The van der Waals surface area contributed by atoms with Crippen molar-refractivity contribution < 1.29 is 42.2 Å². The molecule has 2 aliphatic rings. The Morgan fingerprint density at radius 1 is 1.26 bits per heavy atom. The monoisotopic (exact) mass is 545 g/mol. The van der Waals surface area contributed by atoms with Crippen LogP contribution in [-0.2, 0) is 29.3 Å². The molecule has 0 spiro atoms. The highest BCUT2D eigenvalue weighted by Crippen LogP contribution is 2.50. The number of carbonyl (C=O) groups is 3. The van der Waals surface area contributed by atoms with E-state index in [1.165, 1.54) is 4.88 Å². The second-order valence-electron chi connectivity index (χ2n) is 8.03. The summed E-state index contributed by atoms with van der Waals surface area (Å²) in [6, 6.07) is 8.18. The Labute approximate surface area is 207 Å². The maximum absolute atomic E-state index is 12.5. The number of hydroxylamine groups is 4. The first kappa shape index (κ1) is 25.2. The largest absolute Gasteiger partial charge is 0.417 e. The van der Waals surface area contributed by atoms with Crippen LogP contribution in [0.1, 0.15) is 24.6 Å². The Bertz CT molecular complexity index is 1290. The van der Waals surface area contributed by atoms with Gasteiger partial charge >= 0.3 is 17.8 Å². The Morgan fingerprint density at radius 3 is 2.59 bits per heavy atom. The van der Waals surface area contributed by atoms with Gasteiger partial charge in [-0.2, -0.15) is 13.6 Å². The van der Waals surface area contributed by atoms with Gasteiger partial charge in [-0.3, -0.25) is 9.45 Å². The highest BCUT2D eigenvalue weighted by atomic mass is 32.2. The van der Waals surface area contributed by atoms with E-state index in [0.717, 1.165) is 14.7 Å². The SMILES string of the molecule is CN(CC(=O)O[N+]1(O)C(=O)CC(S(=O)(=O)O)C1=O)C1(C)CC=C(c2ccc(-c3cccs3)s2)S1. The van der Waals surface area contributed by atoms with Gasteiger partial charge in [0.25, 0.3) is 10.1 Å². The molecule has 2 amide bonds. The zero-order valence-corrected chi connectivity index (χ0v) is 21.3. The average Bonchev–Trinajstić information content (AvgIpc) is 3.52. The van der Waals surface area contributed by atoms with Crippen LogP contribution in [0.25, 0.3) is 14.7 Å². The van der Waals surface area contributed by atoms with E-state index in [0.29, 0.717) is 6.42 Å². The molecule has 2 aromatic heterocycles. The minimum atomic E-state index is -4.94. The molecule has 2 aliphatic heterocycles. The van der Waals surface area contributed by atoms with Crippen LogP contribution in [0.2, 0.25) is 0 Å². The summed E-state index contributed by atoms with van der Waals surface area (Å²) in [6.45, 7) is 1.54. The van der Waals surface area contributed by atoms with Crippen LogP contribution < -0.4 is 0 Å². The van der Waals surface area contributed by atoms with E-state index in [-0.39, 0.29) is 6.54 Å². The van der Waals surface area contributed by atoms with Gasteiger partial charge in [-0.15, -0.1) is 34.4 Å². The Hall–Kier alpha value is -1.91. The van der Waals surface area contributed by atoms with Gasteiger partial charge in [-0.05, 0) is 44.0 Å². The Balaban J connectivity index is 1.39. The first-order valence-corrected chi connectivity index (χ1v) is 14.0. The molecule has 2 aromatic rings. The lowest BCUT2D eigenvalue weighted by atomic mass is 10.2. The molecule has 0 radical (unpaired) electrons. The van der Waals surface area contributed by atoms with Gasteiger partial charge < -0.3 is 0 Å². The van der Waals surface area contributed by atoms with Crippen LogP contribution in [0, 0.1) is 0 Å². The molecule has 0 aromatic carbocycles. The number of rotatable bonds is 7. The first-order valence-electron chi connectivity index (χ1n) is 9.96. The third kappa shape index (κ3) is 4.64. The van der Waals surface area contributed by atoms with Gasteiger partial charge in [0, 0.05) is 19.5 Å². The fourth-order valence-corrected chi connectivity index (χ4v) is 7.53. The van der Waals surface area contributed by atoms with Crippen molar-refractivity contribution >= 4 is 67.2 Å². The number of hydrogen-bond donors (Lipinski definition) is 2. The molecular formula is C20H21N2O8S4+. The Morgan fingerprint density at radius 2 is 1.97 bits per heavy atom. The minimum absolute atomic E-state index is 0.382.